The number of piperazine rings is 1. The van der Waals surface area contributed by atoms with E-state index in [0.29, 0.717) is 0 Å². The molecule has 1 heterocycles. The van der Waals surface area contributed by atoms with Gasteiger partial charge in [-0.15, -0.1) is 0 Å². The van der Waals surface area contributed by atoms with Gasteiger partial charge in [0.15, 0.2) is 0 Å². The lowest BCUT2D eigenvalue weighted by Crippen LogP contribution is -2.51. The Morgan fingerprint density at radius 1 is 0.960 bits per heavy atom. The zero-order valence-corrected chi connectivity index (χ0v) is 15.1. The molecule has 3 heteroatoms. The van der Waals surface area contributed by atoms with E-state index in [1.807, 2.05) is 18.2 Å². The summed E-state index contributed by atoms with van der Waals surface area (Å²) in [6, 6.07) is 17.5. The van der Waals surface area contributed by atoms with Crippen LogP contribution in [0.5, 0.6) is 0 Å². The molecule has 25 heavy (non-hydrogen) atoms. The summed E-state index contributed by atoms with van der Waals surface area (Å²) in [5.41, 5.74) is 4.36. The normalized spacial score (nSPS) is 21.4. The van der Waals surface area contributed by atoms with E-state index >= 15 is 0 Å². The van der Waals surface area contributed by atoms with Crippen molar-refractivity contribution < 1.29 is 4.79 Å². The van der Waals surface area contributed by atoms with Crippen LogP contribution in [0.25, 0.3) is 0 Å². The van der Waals surface area contributed by atoms with Crippen molar-refractivity contribution in [2.45, 2.75) is 38.8 Å². The van der Waals surface area contributed by atoms with Gasteiger partial charge in [-0.2, -0.15) is 0 Å². The van der Waals surface area contributed by atoms with Crippen LogP contribution in [0.1, 0.15) is 45.9 Å². The van der Waals surface area contributed by atoms with Crippen molar-refractivity contribution in [1.82, 2.24) is 9.80 Å². The van der Waals surface area contributed by atoms with E-state index in [-0.39, 0.29) is 11.9 Å². The van der Waals surface area contributed by atoms with Gasteiger partial charge < -0.3 is 4.90 Å². The van der Waals surface area contributed by atoms with Gasteiger partial charge in [0.2, 0.25) is 0 Å². The van der Waals surface area contributed by atoms with Crippen molar-refractivity contribution in [3.63, 3.8) is 0 Å². The lowest BCUT2D eigenvalue weighted by Gasteiger charge is -2.42. The van der Waals surface area contributed by atoms with Crippen LogP contribution in [-0.2, 0) is 0 Å². The number of benzene rings is 2. The monoisotopic (exact) mass is 334 g/mol. The highest BCUT2D eigenvalue weighted by Gasteiger charge is 2.38. The van der Waals surface area contributed by atoms with Gasteiger partial charge in [0.25, 0.3) is 5.91 Å². The maximum atomic E-state index is 13.3. The fraction of sp³-hybridized carbons (Fsp3) is 0.409. The van der Waals surface area contributed by atoms with Crippen LogP contribution < -0.4 is 0 Å². The Hall–Kier alpha value is -2.13. The number of rotatable bonds is 3. The maximum Gasteiger partial charge on any atom is 0.254 e. The average Bonchev–Trinajstić information content (AvgIpc) is 3.46. The first-order valence-electron chi connectivity index (χ1n) is 9.30. The van der Waals surface area contributed by atoms with Crippen molar-refractivity contribution in [3.8, 4) is 0 Å². The molecule has 0 N–H and O–H groups in total. The van der Waals surface area contributed by atoms with E-state index in [9.17, 15) is 4.79 Å². The van der Waals surface area contributed by atoms with Crippen LogP contribution in [0.3, 0.4) is 0 Å². The highest BCUT2D eigenvalue weighted by Crippen LogP contribution is 2.34. The third-order valence-corrected chi connectivity index (χ3v) is 5.39. The van der Waals surface area contributed by atoms with Crippen LogP contribution >= 0.6 is 0 Å². The molecule has 3 nitrogen and oxygen atoms in total. The molecule has 130 valence electrons. The minimum absolute atomic E-state index is 0.142. The molecule has 1 saturated carbocycles. The van der Waals surface area contributed by atoms with E-state index in [1.54, 1.807) is 0 Å². The van der Waals surface area contributed by atoms with Gasteiger partial charge in [0, 0.05) is 31.2 Å². The zero-order valence-electron chi connectivity index (χ0n) is 15.1. The van der Waals surface area contributed by atoms with Gasteiger partial charge in [-0.1, -0.05) is 47.5 Å². The quantitative estimate of drug-likeness (QED) is 0.848. The molecule has 1 aliphatic heterocycles. The smallest absolute Gasteiger partial charge is 0.254 e. The van der Waals surface area contributed by atoms with Crippen molar-refractivity contribution in [1.29, 1.82) is 0 Å². The molecule has 2 fully saturated rings. The molecule has 2 aromatic carbocycles. The number of amides is 1. The standard InChI is InChI=1S/C22H26N2O/c1-16-12-17(2)14-19(13-16)22(25)24-11-10-23(20-8-9-20)15-21(24)18-6-4-3-5-7-18/h3-7,12-14,20-21H,8-11,15H2,1-2H3. The number of hydrogen-bond acceptors (Lipinski definition) is 2. The Kier molecular flexibility index (Phi) is 4.34. The van der Waals surface area contributed by atoms with Crippen LogP contribution in [-0.4, -0.2) is 41.4 Å². The third-order valence-electron chi connectivity index (χ3n) is 5.39. The molecule has 0 bridgehead atoms. The summed E-state index contributed by atoms with van der Waals surface area (Å²) in [4.78, 5) is 17.9. The largest absolute Gasteiger partial charge is 0.329 e. The molecule has 4 rings (SSSR count). The van der Waals surface area contributed by atoms with Crippen molar-refractivity contribution >= 4 is 5.91 Å². The topological polar surface area (TPSA) is 23.6 Å². The Balaban J connectivity index is 1.64. The second kappa shape index (κ2) is 6.64. The fourth-order valence-electron chi connectivity index (χ4n) is 4.04. The molecule has 0 aromatic heterocycles. The summed E-state index contributed by atoms with van der Waals surface area (Å²) in [5.74, 6) is 0.163. The molecular formula is C22H26N2O. The summed E-state index contributed by atoms with van der Waals surface area (Å²) < 4.78 is 0. The Bertz CT molecular complexity index is 747. The van der Waals surface area contributed by atoms with E-state index in [4.69, 9.17) is 0 Å². The molecule has 1 amide bonds. The van der Waals surface area contributed by atoms with Gasteiger partial charge in [-0.25, -0.2) is 0 Å². The Morgan fingerprint density at radius 3 is 2.28 bits per heavy atom. The lowest BCUT2D eigenvalue weighted by atomic mass is 9.99. The molecule has 0 radical (unpaired) electrons. The molecule has 2 aliphatic rings. The summed E-state index contributed by atoms with van der Waals surface area (Å²) in [7, 11) is 0. The average molecular weight is 334 g/mol. The van der Waals surface area contributed by atoms with Gasteiger partial charge in [0.05, 0.1) is 6.04 Å². The van der Waals surface area contributed by atoms with E-state index in [1.165, 1.54) is 18.4 Å². The molecule has 1 aliphatic carbocycles. The number of carbonyl (C=O) groups is 1. The minimum Gasteiger partial charge on any atom is -0.329 e. The predicted molar refractivity (Wildman–Crippen MR) is 101 cm³/mol. The molecular weight excluding hydrogens is 308 g/mol. The molecule has 2 aromatic rings. The summed E-state index contributed by atoms with van der Waals surface area (Å²) >= 11 is 0. The third kappa shape index (κ3) is 3.47. The van der Waals surface area contributed by atoms with Crippen molar-refractivity contribution in [3.05, 3.63) is 70.8 Å². The number of nitrogens with zero attached hydrogens (tertiary/aromatic N) is 2. The van der Waals surface area contributed by atoms with Crippen molar-refractivity contribution in [2.75, 3.05) is 19.6 Å². The second-order valence-electron chi connectivity index (χ2n) is 7.53. The zero-order chi connectivity index (χ0) is 17.4. The predicted octanol–water partition coefficient (Wildman–Crippen LogP) is 3.96. The first-order chi connectivity index (χ1) is 12.1. The first-order valence-corrected chi connectivity index (χ1v) is 9.30. The summed E-state index contributed by atoms with van der Waals surface area (Å²) in [6.45, 7) is 6.87. The maximum absolute atomic E-state index is 13.3. The second-order valence-corrected chi connectivity index (χ2v) is 7.53. The molecule has 1 saturated heterocycles. The molecule has 0 spiro atoms. The van der Waals surface area contributed by atoms with Crippen LogP contribution in [0.4, 0.5) is 0 Å². The van der Waals surface area contributed by atoms with E-state index in [0.717, 1.165) is 42.4 Å². The van der Waals surface area contributed by atoms with Gasteiger partial charge in [0.1, 0.15) is 0 Å². The van der Waals surface area contributed by atoms with E-state index < -0.39 is 0 Å². The molecule has 1 atom stereocenters. The number of hydrogen-bond donors (Lipinski definition) is 0. The van der Waals surface area contributed by atoms with Crippen LogP contribution in [0, 0.1) is 13.8 Å². The Labute approximate surface area is 150 Å². The summed E-state index contributed by atoms with van der Waals surface area (Å²) in [5, 5.41) is 0. The highest BCUT2D eigenvalue weighted by molar-refractivity contribution is 5.95. The van der Waals surface area contributed by atoms with Gasteiger partial charge >= 0.3 is 0 Å². The van der Waals surface area contributed by atoms with Crippen LogP contribution in [0.2, 0.25) is 0 Å². The highest BCUT2D eigenvalue weighted by atomic mass is 16.2. The summed E-state index contributed by atoms with van der Waals surface area (Å²) in [6.07, 6.45) is 2.62. The van der Waals surface area contributed by atoms with Crippen molar-refractivity contribution in [2.24, 2.45) is 0 Å². The first kappa shape index (κ1) is 16.3. The number of carbonyl (C=O) groups excluding carboxylic acids is 1. The molecule has 1 unspecified atom stereocenters. The van der Waals surface area contributed by atoms with Crippen LogP contribution in [0.15, 0.2) is 48.5 Å². The minimum atomic E-state index is 0.142. The van der Waals surface area contributed by atoms with Gasteiger partial charge in [-0.3, -0.25) is 9.69 Å². The fourth-order valence-corrected chi connectivity index (χ4v) is 4.04. The number of aryl methyl sites for hydroxylation is 2. The SMILES string of the molecule is Cc1cc(C)cc(C(=O)N2CCN(C3CC3)CC2c2ccccc2)c1. The van der Waals surface area contributed by atoms with Gasteiger partial charge in [-0.05, 0) is 44.4 Å². The Morgan fingerprint density at radius 2 is 1.64 bits per heavy atom. The lowest BCUT2D eigenvalue weighted by molar-refractivity contribution is 0.0433. The van der Waals surface area contributed by atoms with E-state index in [2.05, 4.69) is 54.0 Å².